The zero-order chi connectivity index (χ0) is 20.1. The Hall–Kier alpha value is -1.70. The summed E-state index contributed by atoms with van der Waals surface area (Å²) in [6, 6.07) is 14.1. The average molecular weight is 465 g/mol. The lowest BCUT2D eigenvalue weighted by Crippen LogP contribution is -2.52. The lowest BCUT2D eigenvalue weighted by Gasteiger charge is -2.33. The largest absolute Gasteiger partial charge is 0.354 e. The maximum atomic E-state index is 13.1. The Kier molecular flexibility index (Phi) is 6.91. The van der Waals surface area contributed by atoms with Crippen LogP contribution in [0.3, 0.4) is 0 Å². The van der Waals surface area contributed by atoms with Gasteiger partial charge in [-0.05, 0) is 56.0 Å². The fourth-order valence-corrected chi connectivity index (χ4v) is 5.32. The van der Waals surface area contributed by atoms with Gasteiger partial charge in [0.2, 0.25) is 15.9 Å². The summed E-state index contributed by atoms with van der Waals surface area (Å²) in [5.41, 5.74) is 2.35. The highest BCUT2D eigenvalue weighted by Gasteiger charge is 2.37. The number of piperidine rings is 1. The van der Waals surface area contributed by atoms with E-state index in [-0.39, 0.29) is 10.8 Å². The second-order valence-corrected chi connectivity index (χ2v) is 9.91. The molecule has 0 spiro atoms. The molecule has 0 saturated carbocycles. The van der Waals surface area contributed by atoms with E-state index in [4.69, 9.17) is 0 Å². The first-order valence-corrected chi connectivity index (χ1v) is 11.7. The van der Waals surface area contributed by atoms with Gasteiger partial charge in [0.25, 0.3) is 0 Å². The number of benzene rings is 2. The van der Waals surface area contributed by atoms with Gasteiger partial charge in [-0.1, -0.05) is 52.2 Å². The zero-order valence-electron chi connectivity index (χ0n) is 15.9. The summed E-state index contributed by atoms with van der Waals surface area (Å²) >= 11 is 3.32. The van der Waals surface area contributed by atoms with Crippen molar-refractivity contribution in [2.75, 3.05) is 13.1 Å². The van der Waals surface area contributed by atoms with E-state index in [1.165, 1.54) is 9.87 Å². The van der Waals surface area contributed by atoms with Crippen LogP contribution in [-0.2, 0) is 21.2 Å². The summed E-state index contributed by atoms with van der Waals surface area (Å²) < 4.78 is 28.3. The van der Waals surface area contributed by atoms with Gasteiger partial charge in [-0.3, -0.25) is 4.79 Å². The molecule has 2 aromatic rings. The Morgan fingerprint density at radius 3 is 2.46 bits per heavy atom. The first kappa shape index (κ1) is 21.0. The number of hydrogen-bond donors (Lipinski definition) is 1. The van der Waals surface area contributed by atoms with Crippen molar-refractivity contribution in [2.45, 2.75) is 43.5 Å². The van der Waals surface area contributed by atoms with Gasteiger partial charge < -0.3 is 5.32 Å². The SMILES string of the molecule is Cc1ccc(CCNC(=O)[C@@H]2CCCCN2S(=O)(=O)c2ccc(Br)cc2)cc1. The van der Waals surface area contributed by atoms with E-state index < -0.39 is 16.1 Å². The number of rotatable bonds is 6. The minimum Gasteiger partial charge on any atom is -0.354 e. The molecule has 1 fully saturated rings. The zero-order valence-corrected chi connectivity index (χ0v) is 18.3. The minimum atomic E-state index is -3.70. The number of nitrogens with zero attached hydrogens (tertiary/aromatic N) is 1. The van der Waals surface area contributed by atoms with Crippen molar-refractivity contribution >= 4 is 31.9 Å². The van der Waals surface area contributed by atoms with Crippen molar-refractivity contribution in [2.24, 2.45) is 0 Å². The van der Waals surface area contributed by atoms with Crippen molar-refractivity contribution in [3.8, 4) is 0 Å². The van der Waals surface area contributed by atoms with Crippen molar-refractivity contribution < 1.29 is 13.2 Å². The molecule has 0 radical (unpaired) electrons. The Labute approximate surface area is 175 Å². The summed E-state index contributed by atoms with van der Waals surface area (Å²) in [4.78, 5) is 13.0. The molecule has 1 atom stereocenters. The van der Waals surface area contributed by atoms with Crippen LogP contribution >= 0.6 is 15.9 Å². The third-order valence-corrected chi connectivity index (χ3v) is 7.46. The fourth-order valence-electron chi connectivity index (χ4n) is 3.40. The molecule has 0 unspecified atom stereocenters. The first-order chi connectivity index (χ1) is 13.4. The standard InChI is InChI=1S/C21H25BrN2O3S/c1-16-5-7-17(8-6-16)13-14-23-21(25)20-4-2-3-15-24(20)28(26,27)19-11-9-18(22)10-12-19/h5-12,20H,2-4,13-15H2,1H3,(H,23,25)/t20-/m0/s1. The molecule has 3 rings (SSSR count). The van der Waals surface area contributed by atoms with Gasteiger partial charge in [-0.15, -0.1) is 0 Å². The topological polar surface area (TPSA) is 66.5 Å². The summed E-state index contributed by atoms with van der Waals surface area (Å²) in [7, 11) is -3.70. The van der Waals surface area contributed by atoms with Crippen LogP contribution in [-0.4, -0.2) is 37.8 Å². The molecule has 1 saturated heterocycles. The Bertz CT molecular complexity index is 912. The van der Waals surface area contributed by atoms with Gasteiger partial charge in [0.15, 0.2) is 0 Å². The van der Waals surface area contributed by atoms with Crippen LogP contribution in [0.15, 0.2) is 57.9 Å². The Morgan fingerprint density at radius 1 is 1.11 bits per heavy atom. The van der Waals surface area contributed by atoms with Crippen molar-refractivity contribution in [1.82, 2.24) is 9.62 Å². The maximum absolute atomic E-state index is 13.1. The van der Waals surface area contributed by atoms with Gasteiger partial charge >= 0.3 is 0 Å². The van der Waals surface area contributed by atoms with E-state index in [1.807, 2.05) is 31.2 Å². The normalized spacial score (nSPS) is 18.0. The molecule has 1 heterocycles. The van der Waals surface area contributed by atoms with E-state index in [0.717, 1.165) is 29.3 Å². The monoisotopic (exact) mass is 464 g/mol. The third kappa shape index (κ3) is 5.01. The number of nitrogens with one attached hydrogen (secondary N) is 1. The second-order valence-electron chi connectivity index (χ2n) is 7.11. The molecule has 1 aliphatic rings. The molecule has 0 aliphatic carbocycles. The van der Waals surface area contributed by atoms with Gasteiger partial charge in [-0.25, -0.2) is 8.42 Å². The number of hydrogen-bond acceptors (Lipinski definition) is 3. The predicted molar refractivity (Wildman–Crippen MR) is 114 cm³/mol. The summed E-state index contributed by atoms with van der Waals surface area (Å²) in [5, 5.41) is 2.93. The molecular weight excluding hydrogens is 440 g/mol. The minimum absolute atomic E-state index is 0.215. The highest BCUT2D eigenvalue weighted by Crippen LogP contribution is 2.26. The van der Waals surface area contributed by atoms with E-state index in [9.17, 15) is 13.2 Å². The number of sulfonamides is 1. The molecule has 0 aromatic heterocycles. The summed E-state index contributed by atoms with van der Waals surface area (Å²) in [6.45, 7) is 2.90. The molecule has 1 amide bonds. The predicted octanol–water partition coefficient (Wildman–Crippen LogP) is 3.66. The highest BCUT2D eigenvalue weighted by molar-refractivity contribution is 9.10. The van der Waals surface area contributed by atoms with Crippen molar-refractivity contribution in [1.29, 1.82) is 0 Å². The molecule has 5 nitrogen and oxygen atoms in total. The van der Waals surface area contributed by atoms with Gasteiger partial charge in [-0.2, -0.15) is 4.31 Å². The molecule has 1 aliphatic heterocycles. The van der Waals surface area contributed by atoms with E-state index in [2.05, 4.69) is 21.2 Å². The van der Waals surface area contributed by atoms with Crippen LogP contribution in [0.25, 0.3) is 0 Å². The summed E-state index contributed by atoms with van der Waals surface area (Å²) in [6.07, 6.45) is 2.88. The number of carbonyl (C=O) groups is 1. The molecule has 28 heavy (non-hydrogen) atoms. The Balaban J connectivity index is 1.67. The van der Waals surface area contributed by atoms with Crippen LogP contribution in [0.5, 0.6) is 0 Å². The molecule has 1 N–H and O–H groups in total. The summed E-state index contributed by atoms with van der Waals surface area (Å²) in [5.74, 6) is -0.215. The lowest BCUT2D eigenvalue weighted by atomic mass is 10.0. The quantitative estimate of drug-likeness (QED) is 0.708. The van der Waals surface area contributed by atoms with E-state index in [0.29, 0.717) is 19.5 Å². The van der Waals surface area contributed by atoms with E-state index in [1.54, 1.807) is 24.3 Å². The number of carbonyl (C=O) groups excluding carboxylic acids is 1. The smallest absolute Gasteiger partial charge is 0.243 e. The second kappa shape index (κ2) is 9.20. The number of halogens is 1. The van der Waals surface area contributed by atoms with Gasteiger partial charge in [0, 0.05) is 17.6 Å². The maximum Gasteiger partial charge on any atom is 0.243 e. The first-order valence-electron chi connectivity index (χ1n) is 9.48. The molecular formula is C21H25BrN2O3S. The molecule has 0 bridgehead atoms. The fraction of sp³-hybridized carbons (Fsp3) is 0.381. The van der Waals surface area contributed by atoms with Crippen LogP contribution in [0.4, 0.5) is 0 Å². The molecule has 2 aromatic carbocycles. The van der Waals surface area contributed by atoms with Crippen LogP contribution in [0, 0.1) is 6.92 Å². The third-order valence-electron chi connectivity index (χ3n) is 5.01. The van der Waals surface area contributed by atoms with Gasteiger partial charge in [0.05, 0.1) is 4.90 Å². The highest BCUT2D eigenvalue weighted by atomic mass is 79.9. The van der Waals surface area contributed by atoms with Crippen LogP contribution < -0.4 is 5.32 Å². The molecule has 150 valence electrons. The van der Waals surface area contributed by atoms with Crippen molar-refractivity contribution in [3.63, 3.8) is 0 Å². The molecule has 7 heteroatoms. The van der Waals surface area contributed by atoms with Crippen LogP contribution in [0.2, 0.25) is 0 Å². The Morgan fingerprint density at radius 2 is 1.79 bits per heavy atom. The number of amides is 1. The lowest BCUT2D eigenvalue weighted by molar-refractivity contribution is -0.125. The average Bonchev–Trinajstić information content (AvgIpc) is 2.70. The van der Waals surface area contributed by atoms with E-state index >= 15 is 0 Å². The van der Waals surface area contributed by atoms with Gasteiger partial charge in [0.1, 0.15) is 6.04 Å². The van der Waals surface area contributed by atoms with Crippen LogP contribution in [0.1, 0.15) is 30.4 Å². The number of aryl methyl sites for hydroxylation is 1. The van der Waals surface area contributed by atoms with Crippen molar-refractivity contribution in [3.05, 3.63) is 64.1 Å².